The van der Waals surface area contributed by atoms with E-state index in [9.17, 15) is 4.79 Å². The van der Waals surface area contributed by atoms with Crippen molar-refractivity contribution in [3.8, 4) is 17.0 Å². The van der Waals surface area contributed by atoms with Crippen LogP contribution in [-0.4, -0.2) is 17.5 Å². The van der Waals surface area contributed by atoms with Gasteiger partial charge in [0, 0.05) is 10.9 Å². The summed E-state index contributed by atoms with van der Waals surface area (Å²) in [6.45, 7) is -0.103. The molecule has 0 saturated heterocycles. The predicted octanol–water partition coefficient (Wildman–Crippen LogP) is 4.06. The molecule has 1 aromatic heterocycles. The number of benzene rings is 2. The first-order valence-corrected chi connectivity index (χ1v) is 8.36. The van der Waals surface area contributed by atoms with Crippen LogP contribution in [0, 0.1) is 0 Å². The van der Waals surface area contributed by atoms with Crippen molar-refractivity contribution < 1.29 is 9.53 Å². The van der Waals surface area contributed by atoms with E-state index in [1.54, 1.807) is 36.4 Å². The van der Waals surface area contributed by atoms with Crippen molar-refractivity contribution in [3.63, 3.8) is 0 Å². The van der Waals surface area contributed by atoms with Crippen molar-refractivity contribution in [3.05, 3.63) is 58.9 Å². The van der Waals surface area contributed by atoms with Gasteiger partial charge in [0.15, 0.2) is 11.7 Å². The second kappa shape index (κ2) is 7.33. The molecular weight excluding hydrogens is 346 g/mol. The van der Waals surface area contributed by atoms with Gasteiger partial charge < -0.3 is 15.8 Å². The molecule has 0 fully saturated rings. The average Bonchev–Trinajstić information content (AvgIpc) is 3.02. The molecule has 1 amide bonds. The molecular formula is C17H14ClN3O2S. The first kappa shape index (κ1) is 16.3. The van der Waals surface area contributed by atoms with Crippen LogP contribution in [0.15, 0.2) is 53.9 Å². The van der Waals surface area contributed by atoms with Crippen molar-refractivity contribution in [2.45, 2.75) is 0 Å². The van der Waals surface area contributed by atoms with Crippen LogP contribution in [-0.2, 0) is 4.79 Å². The Kier molecular flexibility index (Phi) is 4.98. The zero-order valence-electron chi connectivity index (χ0n) is 12.5. The highest BCUT2D eigenvalue weighted by Crippen LogP contribution is 2.25. The van der Waals surface area contributed by atoms with Crippen molar-refractivity contribution in [2.75, 3.05) is 17.7 Å². The van der Waals surface area contributed by atoms with Gasteiger partial charge in [0.05, 0.1) is 16.4 Å². The molecule has 0 aliphatic rings. The number of hydrogen-bond acceptors (Lipinski definition) is 5. The van der Waals surface area contributed by atoms with Gasteiger partial charge in [0.2, 0.25) is 0 Å². The van der Waals surface area contributed by atoms with Crippen LogP contribution >= 0.6 is 22.9 Å². The maximum Gasteiger partial charge on any atom is 0.262 e. The third-order valence-corrected chi connectivity index (χ3v) is 4.19. The van der Waals surface area contributed by atoms with Gasteiger partial charge in [-0.15, -0.1) is 11.3 Å². The molecule has 0 spiro atoms. The molecule has 0 radical (unpaired) electrons. The summed E-state index contributed by atoms with van der Waals surface area (Å²) in [5.74, 6) is 0.315. The Morgan fingerprint density at radius 1 is 1.21 bits per heavy atom. The minimum atomic E-state index is -0.278. The summed E-state index contributed by atoms with van der Waals surface area (Å²) in [6, 6.07) is 14.3. The molecule has 3 aromatic rings. The number of carbonyl (C=O) groups is 1. The van der Waals surface area contributed by atoms with Gasteiger partial charge in [-0.3, -0.25) is 4.79 Å². The highest BCUT2D eigenvalue weighted by Gasteiger charge is 2.07. The molecule has 3 rings (SSSR count). The quantitative estimate of drug-likeness (QED) is 0.720. The lowest BCUT2D eigenvalue weighted by atomic mass is 10.2. The SMILES string of the molecule is Nc1nc(-c2ccc(OCC(=O)Nc3ccccc3Cl)cc2)cs1. The molecule has 0 aliphatic heterocycles. The molecule has 1 heterocycles. The number of carbonyl (C=O) groups excluding carboxylic acids is 1. The molecule has 0 unspecified atom stereocenters. The highest BCUT2D eigenvalue weighted by molar-refractivity contribution is 7.13. The number of thiazole rings is 1. The van der Waals surface area contributed by atoms with Gasteiger partial charge >= 0.3 is 0 Å². The topological polar surface area (TPSA) is 77.2 Å². The summed E-state index contributed by atoms with van der Waals surface area (Å²) in [7, 11) is 0. The summed E-state index contributed by atoms with van der Waals surface area (Å²) in [6.07, 6.45) is 0. The van der Waals surface area contributed by atoms with E-state index in [-0.39, 0.29) is 12.5 Å². The highest BCUT2D eigenvalue weighted by atomic mass is 35.5. The van der Waals surface area contributed by atoms with E-state index in [1.165, 1.54) is 11.3 Å². The van der Waals surface area contributed by atoms with E-state index >= 15 is 0 Å². The number of amides is 1. The van der Waals surface area contributed by atoms with Crippen molar-refractivity contribution in [1.29, 1.82) is 0 Å². The lowest BCUT2D eigenvalue weighted by Crippen LogP contribution is -2.20. The molecule has 7 heteroatoms. The third-order valence-electron chi connectivity index (χ3n) is 3.19. The van der Waals surface area contributed by atoms with Gasteiger partial charge in [-0.1, -0.05) is 23.7 Å². The lowest BCUT2D eigenvalue weighted by molar-refractivity contribution is -0.118. The summed E-state index contributed by atoms with van der Waals surface area (Å²) in [5.41, 5.74) is 7.95. The van der Waals surface area contributed by atoms with Gasteiger partial charge in [0.1, 0.15) is 5.75 Å². The summed E-state index contributed by atoms with van der Waals surface area (Å²) >= 11 is 7.38. The molecule has 0 atom stereocenters. The van der Waals surface area contributed by atoms with E-state index < -0.39 is 0 Å². The average molecular weight is 360 g/mol. The molecule has 0 aliphatic carbocycles. The number of anilines is 2. The number of para-hydroxylation sites is 1. The number of rotatable bonds is 5. The fourth-order valence-corrected chi connectivity index (χ4v) is 2.80. The van der Waals surface area contributed by atoms with E-state index in [0.717, 1.165) is 11.3 Å². The largest absolute Gasteiger partial charge is 0.484 e. The zero-order valence-corrected chi connectivity index (χ0v) is 14.1. The Morgan fingerprint density at radius 2 is 1.96 bits per heavy atom. The molecule has 3 N–H and O–H groups in total. The first-order valence-electron chi connectivity index (χ1n) is 7.10. The Balaban J connectivity index is 1.57. The van der Waals surface area contributed by atoms with Gasteiger partial charge in [-0.05, 0) is 36.4 Å². The van der Waals surface area contributed by atoms with Crippen LogP contribution in [0.3, 0.4) is 0 Å². The predicted molar refractivity (Wildman–Crippen MR) is 97.5 cm³/mol. The van der Waals surface area contributed by atoms with Crippen molar-refractivity contribution in [1.82, 2.24) is 4.98 Å². The Labute approximate surface area is 148 Å². The van der Waals surface area contributed by atoms with Crippen LogP contribution in [0.4, 0.5) is 10.8 Å². The lowest BCUT2D eigenvalue weighted by Gasteiger charge is -2.09. The minimum absolute atomic E-state index is 0.103. The number of aromatic nitrogens is 1. The zero-order chi connectivity index (χ0) is 16.9. The normalized spacial score (nSPS) is 10.4. The van der Waals surface area contributed by atoms with Crippen LogP contribution in [0.1, 0.15) is 0 Å². The Hall–Kier alpha value is -2.57. The maximum atomic E-state index is 11.9. The second-order valence-electron chi connectivity index (χ2n) is 4.91. The third kappa shape index (κ3) is 4.04. The number of nitrogens with zero attached hydrogens (tertiary/aromatic N) is 1. The standard InChI is InChI=1S/C17H14ClN3O2S/c18-13-3-1-2-4-14(13)20-16(22)9-23-12-7-5-11(6-8-12)15-10-24-17(19)21-15/h1-8,10H,9H2,(H2,19,21)(H,20,22). The summed E-state index contributed by atoms with van der Waals surface area (Å²) in [5, 5.41) is 5.61. The summed E-state index contributed by atoms with van der Waals surface area (Å²) in [4.78, 5) is 16.1. The number of ether oxygens (including phenoxy) is 1. The van der Waals surface area contributed by atoms with Crippen molar-refractivity contribution in [2.24, 2.45) is 0 Å². The summed E-state index contributed by atoms with van der Waals surface area (Å²) < 4.78 is 5.48. The number of nitrogens with two attached hydrogens (primary N) is 1. The second-order valence-corrected chi connectivity index (χ2v) is 6.21. The van der Waals surface area contributed by atoms with Gasteiger partial charge in [-0.25, -0.2) is 4.98 Å². The van der Waals surface area contributed by atoms with E-state index in [0.29, 0.717) is 21.6 Å². The van der Waals surface area contributed by atoms with Crippen LogP contribution in [0.2, 0.25) is 5.02 Å². The molecule has 5 nitrogen and oxygen atoms in total. The number of halogens is 1. The van der Waals surface area contributed by atoms with E-state index in [4.69, 9.17) is 22.1 Å². The minimum Gasteiger partial charge on any atom is -0.484 e. The smallest absolute Gasteiger partial charge is 0.262 e. The van der Waals surface area contributed by atoms with Crippen LogP contribution < -0.4 is 15.8 Å². The molecule has 0 saturated carbocycles. The monoisotopic (exact) mass is 359 g/mol. The molecule has 122 valence electrons. The number of nitrogens with one attached hydrogen (secondary N) is 1. The number of hydrogen-bond donors (Lipinski definition) is 2. The maximum absolute atomic E-state index is 11.9. The van der Waals surface area contributed by atoms with Crippen molar-refractivity contribution >= 4 is 39.7 Å². The molecule has 24 heavy (non-hydrogen) atoms. The van der Waals surface area contributed by atoms with Crippen LogP contribution in [0.25, 0.3) is 11.3 Å². The first-order chi connectivity index (χ1) is 11.6. The Morgan fingerprint density at radius 3 is 2.62 bits per heavy atom. The fraction of sp³-hybridized carbons (Fsp3) is 0.0588. The molecule has 2 aromatic carbocycles. The Bertz CT molecular complexity index is 849. The van der Waals surface area contributed by atoms with Crippen LogP contribution in [0.5, 0.6) is 5.75 Å². The van der Waals surface area contributed by atoms with Gasteiger partial charge in [0.25, 0.3) is 5.91 Å². The van der Waals surface area contributed by atoms with Gasteiger partial charge in [-0.2, -0.15) is 0 Å². The fourth-order valence-electron chi connectivity index (χ4n) is 2.04. The number of nitrogen functional groups attached to an aromatic ring is 1. The van der Waals surface area contributed by atoms with E-state index in [1.807, 2.05) is 17.5 Å². The van der Waals surface area contributed by atoms with E-state index in [2.05, 4.69) is 10.3 Å². The molecule has 0 bridgehead atoms.